The number of hydrogen-bond donors (Lipinski definition) is 1. The Hall–Kier alpha value is -0.550. The molecule has 1 unspecified atom stereocenters. The van der Waals surface area contributed by atoms with Crippen molar-refractivity contribution in [1.82, 2.24) is 5.32 Å². The van der Waals surface area contributed by atoms with Crippen molar-refractivity contribution in [2.24, 2.45) is 0 Å². The summed E-state index contributed by atoms with van der Waals surface area (Å²) in [6, 6.07) is 9.87. The first kappa shape index (κ1) is 16.8. The molecule has 0 spiro atoms. The van der Waals surface area contributed by atoms with Gasteiger partial charge >= 0.3 is 0 Å². The van der Waals surface area contributed by atoms with Crippen LogP contribution in [-0.4, -0.2) is 14.2 Å². The average molecular weight is 434 g/mol. The zero-order valence-electron chi connectivity index (χ0n) is 12.0. The summed E-state index contributed by atoms with van der Waals surface area (Å²) in [6.45, 7) is 2.04. The zero-order chi connectivity index (χ0) is 15.6. The van der Waals surface area contributed by atoms with E-state index < -0.39 is 0 Å². The molecule has 0 aliphatic heterocycles. The van der Waals surface area contributed by atoms with Gasteiger partial charge < -0.3 is 10.1 Å². The first-order valence-corrected chi connectivity index (χ1v) is 8.40. The van der Waals surface area contributed by atoms with E-state index in [4.69, 9.17) is 16.3 Å². The highest BCUT2D eigenvalue weighted by Crippen LogP contribution is 2.37. The van der Waals surface area contributed by atoms with Gasteiger partial charge in [-0.3, -0.25) is 0 Å². The van der Waals surface area contributed by atoms with E-state index in [2.05, 4.69) is 43.2 Å². The van der Waals surface area contributed by atoms with Gasteiger partial charge in [0.15, 0.2) is 0 Å². The predicted octanol–water partition coefficient (Wildman–Crippen LogP) is 5.49. The molecular weight excluding hydrogens is 417 g/mol. The van der Waals surface area contributed by atoms with E-state index in [0.717, 1.165) is 31.4 Å². The van der Waals surface area contributed by atoms with Gasteiger partial charge in [0, 0.05) is 19.5 Å². The third-order valence-corrected chi connectivity index (χ3v) is 5.19. The number of nitrogens with one attached hydrogen (secondary N) is 1. The van der Waals surface area contributed by atoms with E-state index in [0.29, 0.717) is 5.02 Å². The Balaban J connectivity index is 2.61. The molecule has 0 aliphatic carbocycles. The third-order valence-electron chi connectivity index (χ3n) is 3.38. The second-order valence-electron chi connectivity index (χ2n) is 4.73. The van der Waals surface area contributed by atoms with Gasteiger partial charge in [0.25, 0.3) is 0 Å². The van der Waals surface area contributed by atoms with E-state index in [9.17, 15) is 0 Å². The molecule has 0 heterocycles. The normalized spacial score (nSPS) is 12.3. The van der Waals surface area contributed by atoms with E-state index in [-0.39, 0.29) is 6.04 Å². The maximum absolute atomic E-state index is 6.15. The molecule has 0 saturated heterocycles. The Bertz CT molecular complexity index is 661. The number of rotatable bonds is 4. The van der Waals surface area contributed by atoms with Crippen LogP contribution in [0.4, 0.5) is 0 Å². The summed E-state index contributed by atoms with van der Waals surface area (Å²) in [5.41, 5.74) is 3.26. The first-order chi connectivity index (χ1) is 9.97. The van der Waals surface area contributed by atoms with Crippen LogP contribution in [0.5, 0.6) is 5.75 Å². The van der Waals surface area contributed by atoms with Crippen molar-refractivity contribution in [1.29, 1.82) is 0 Å². The molecular formula is C16H16Br2ClNO. The van der Waals surface area contributed by atoms with Crippen molar-refractivity contribution in [3.05, 3.63) is 61.0 Å². The van der Waals surface area contributed by atoms with Crippen LogP contribution in [0.2, 0.25) is 5.02 Å². The summed E-state index contributed by atoms with van der Waals surface area (Å²) in [5, 5.41) is 4.04. The van der Waals surface area contributed by atoms with Gasteiger partial charge in [-0.05, 0) is 55.4 Å². The van der Waals surface area contributed by atoms with Crippen molar-refractivity contribution >= 4 is 43.5 Å². The van der Waals surface area contributed by atoms with Crippen LogP contribution >= 0.6 is 43.5 Å². The molecule has 0 fully saturated rings. The van der Waals surface area contributed by atoms with E-state index in [1.807, 2.05) is 38.2 Å². The average Bonchev–Trinajstić information content (AvgIpc) is 2.46. The van der Waals surface area contributed by atoms with Gasteiger partial charge in [-0.2, -0.15) is 0 Å². The summed E-state index contributed by atoms with van der Waals surface area (Å²) in [6.07, 6.45) is 0. The molecule has 0 saturated carbocycles. The summed E-state index contributed by atoms with van der Waals surface area (Å²) in [5.74, 6) is 0.849. The van der Waals surface area contributed by atoms with Crippen LogP contribution in [-0.2, 0) is 0 Å². The largest absolute Gasteiger partial charge is 0.496 e. The quantitative estimate of drug-likeness (QED) is 0.688. The van der Waals surface area contributed by atoms with E-state index in [1.165, 1.54) is 0 Å². The molecule has 0 aromatic heterocycles. The van der Waals surface area contributed by atoms with E-state index in [1.54, 1.807) is 7.11 Å². The van der Waals surface area contributed by atoms with Crippen molar-refractivity contribution in [3.63, 3.8) is 0 Å². The summed E-state index contributed by atoms with van der Waals surface area (Å²) >= 11 is 13.3. The lowest BCUT2D eigenvalue weighted by Gasteiger charge is -2.22. The highest BCUT2D eigenvalue weighted by Gasteiger charge is 2.20. The Morgan fingerprint density at radius 2 is 1.81 bits per heavy atom. The molecule has 2 nitrogen and oxygen atoms in total. The number of benzene rings is 2. The van der Waals surface area contributed by atoms with Gasteiger partial charge in [-0.25, -0.2) is 0 Å². The Labute approximate surface area is 147 Å². The van der Waals surface area contributed by atoms with E-state index >= 15 is 0 Å². The SMILES string of the molecule is CNC(c1cc(Cl)ccc1Br)c1cc(Br)c(C)cc1OC. The summed E-state index contributed by atoms with van der Waals surface area (Å²) in [4.78, 5) is 0. The first-order valence-electron chi connectivity index (χ1n) is 6.44. The van der Waals surface area contributed by atoms with Gasteiger partial charge in [0.1, 0.15) is 5.75 Å². The molecule has 112 valence electrons. The fourth-order valence-corrected chi connectivity index (χ4v) is 3.30. The third kappa shape index (κ3) is 3.62. The Kier molecular flexibility index (Phi) is 5.72. The maximum Gasteiger partial charge on any atom is 0.124 e. The van der Waals surface area contributed by atoms with Crippen LogP contribution in [0.15, 0.2) is 39.3 Å². The van der Waals surface area contributed by atoms with Crippen molar-refractivity contribution < 1.29 is 4.74 Å². The minimum atomic E-state index is -0.0232. The summed E-state index contributed by atoms with van der Waals surface area (Å²) in [7, 11) is 3.61. The van der Waals surface area contributed by atoms with Gasteiger partial charge in [0.05, 0.1) is 13.2 Å². The standard InChI is InChI=1S/C16H16Br2ClNO/c1-9-6-15(21-3)12(8-14(9)18)16(20-2)11-7-10(19)4-5-13(11)17/h4-8,16,20H,1-3H3. The molecule has 0 radical (unpaired) electrons. The molecule has 2 aromatic carbocycles. The predicted molar refractivity (Wildman–Crippen MR) is 95.5 cm³/mol. The highest BCUT2D eigenvalue weighted by atomic mass is 79.9. The van der Waals surface area contributed by atoms with Crippen LogP contribution < -0.4 is 10.1 Å². The number of hydrogen-bond acceptors (Lipinski definition) is 2. The van der Waals surface area contributed by atoms with Gasteiger partial charge in [-0.15, -0.1) is 0 Å². The Morgan fingerprint density at radius 1 is 1.10 bits per heavy atom. The molecule has 21 heavy (non-hydrogen) atoms. The highest BCUT2D eigenvalue weighted by molar-refractivity contribution is 9.10. The van der Waals surface area contributed by atoms with Crippen LogP contribution in [0.1, 0.15) is 22.7 Å². The van der Waals surface area contributed by atoms with Gasteiger partial charge in [0.2, 0.25) is 0 Å². The lowest BCUT2D eigenvalue weighted by Crippen LogP contribution is -2.19. The minimum Gasteiger partial charge on any atom is -0.496 e. The molecule has 2 rings (SSSR count). The molecule has 5 heteroatoms. The maximum atomic E-state index is 6.15. The molecule has 1 atom stereocenters. The van der Waals surface area contributed by atoms with Gasteiger partial charge in [-0.1, -0.05) is 43.5 Å². The monoisotopic (exact) mass is 431 g/mol. The topological polar surface area (TPSA) is 21.3 Å². The van der Waals surface area contributed by atoms with Crippen LogP contribution in [0.3, 0.4) is 0 Å². The number of halogens is 3. The van der Waals surface area contributed by atoms with Crippen molar-refractivity contribution in [3.8, 4) is 5.75 Å². The lowest BCUT2D eigenvalue weighted by atomic mass is 9.97. The minimum absolute atomic E-state index is 0.0232. The van der Waals surface area contributed by atoms with Crippen molar-refractivity contribution in [2.45, 2.75) is 13.0 Å². The Morgan fingerprint density at radius 3 is 2.43 bits per heavy atom. The zero-order valence-corrected chi connectivity index (χ0v) is 15.9. The number of aryl methyl sites for hydroxylation is 1. The van der Waals surface area contributed by atoms with Crippen molar-refractivity contribution in [2.75, 3.05) is 14.2 Å². The molecule has 0 aliphatic rings. The fourth-order valence-electron chi connectivity index (χ4n) is 2.29. The number of ether oxygens (including phenoxy) is 1. The smallest absolute Gasteiger partial charge is 0.124 e. The molecule has 2 aromatic rings. The fraction of sp³-hybridized carbons (Fsp3) is 0.250. The van der Waals surface area contributed by atoms with Crippen LogP contribution in [0.25, 0.3) is 0 Å². The summed E-state index contributed by atoms with van der Waals surface area (Å²) < 4.78 is 7.60. The second kappa shape index (κ2) is 7.14. The number of methoxy groups -OCH3 is 1. The van der Waals surface area contributed by atoms with Crippen LogP contribution in [0, 0.1) is 6.92 Å². The second-order valence-corrected chi connectivity index (χ2v) is 6.88. The molecule has 0 amide bonds. The molecule has 1 N–H and O–H groups in total. The lowest BCUT2D eigenvalue weighted by molar-refractivity contribution is 0.405. The molecule has 0 bridgehead atoms.